The Kier molecular flexibility index (Phi) is 5.93. The average molecular weight is 416 g/mol. The molecule has 6 heteroatoms. The molecule has 1 fully saturated rings. The molecule has 0 bridgehead atoms. The van der Waals surface area contributed by atoms with Crippen LogP contribution in [0, 0.1) is 6.92 Å². The first-order chi connectivity index (χ1) is 12.5. The molecule has 0 radical (unpaired) electrons. The number of aryl methyl sites for hydroxylation is 1. The van der Waals surface area contributed by atoms with Crippen LogP contribution in [0.25, 0.3) is 0 Å². The molecule has 2 aromatic rings. The summed E-state index contributed by atoms with van der Waals surface area (Å²) in [6.07, 6.45) is 2.16. The lowest BCUT2D eigenvalue weighted by molar-refractivity contribution is -0.114. The summed E-state index contributed by atoms with van der Waals surface area (Å²) in [5.41, 5.74) is 3.36. The van der Waals surface area contributed by atoms with E-state index in [2.05, 4.69) is 26.6 Å². The summed E-state index contributed by atoms with van der Waals surface area (Å²) in [5.74, 6) is -0.0530. The van der Waals surface area contributed by atoms with Gasteiger partial charge in [0.25, 0.3) is 5.91 Å². The fraction of sp³-hybridized carbons (Fsp3) is 0.300. The van der Waals surface area contributed by atoms with E-state index in [4.69, 9.17) is 0 Å². The zero-order valence-corrected chi connectivity index (χ0v) is 16.3. The van der Waals surface area contributed by atoms with Crippen LogP contribution in [0.5, 0.6) is 0 Å². The fourth-order valence-corrected chi connectivity index (χ4v) is 3.52. The van der Waals surface area contributed by atoms with Crippen LogP contribution in [0.1, 0.15) is 28.8 Å². The zero-order valence-electron chi connectivity index (χ0n) is 14.7. The van der Waals surface area contributed by atoms with Crippen LogP contribution in [-0.4, -0.2) is 36.3 Å². The molecule has 2 aromatic carbocycles. The minimum Gasteiger partial charge on any atom is -0.376 e. The van der Waals surface area contributed by atoms with Crippen LogP contribution >= 0.6 is 15.9 Å². The second-order valence-corrected chi connectivity index (χ2v) is 7.32. The van der Waals surface area contributed by atoms with Gasteiger partial charge in [-0.05, 0) is 77.7 Å². The molecule has 0 spiro atoms. The Morgan fingerprint density at radius 2 is 1.77 bits per heavy atom. The van der Waals surface area contributed by atoms with Crippen molar-refractivity contribution in [3.8, 4) is 0 Å². The van der Waals surface area contributed by atoms with Crippen LogP contribution in [0.15, 0.2) is 46.9 Å². The molecule has 0 aromatic heterocycles. The van der Waals surface area contributed by atoms with Crippen molar-refractivity contribution in [3.63, 3.8) is 0 Å². The number of carbonyl (C=O) groups excluding carboxylic acids is 2. The van der Waals surface area contributed by atoms with E-state index in [1.807, 2.05) is 42.2 Å². The van der Waals surface area contributed by atoms with Gasteiger partial charge in [0.1, 0.15) is 0 Å². The van der Waals surface area contributed by atoms with E-state index >= 15 is 0 Å². The molecule has 136 valence electrons. The van der Waals surface area contributed by atoms with E-state index in [0.29, 0.717) is 5.56 Å². The van der Waals surface area contributed by atoms with E-state index in [1.165, 1.54) is 0 Å². The van der Waals surface area contributed by atoms with Gasteiger partial charge in [0.2, 0.25) is 5.91 Å². The van der Waals surface area contributed by atoms with Gasteiger partial charge in [0.05, 0.1) is 12.2 Å². The Hall–Kier alpha value is -2.34. The molecule has 26 heavy (non-hydrogen) atoms. The third-order valence-corrected chi connectivity index (χ3v) is 5.03. The van der Waals surface area contributed by atoms with Crippen molar-refractivity contribution in [3.05, 3.63) is 58.1 Å². The average Bonchev–Trinajstić information content (AvgIpc) is 3.17. The number of nitrogens with zero attached hydrogens (tertiary/aromatic N) is 1. The molecular formula is C20H22BrN3O2. The summed E-state index contributed by atoms with van der Waals surface area (Å²) in [7, 11) is 0. The normalized spacial score (nSPS) is 13.5. The van der Waals surface area contributed by atoms with Crippen LogP contribution in [0.4, 0.5) is 11.4 Å². The minimum atomic E-state index is -0.133. The zero-order chi connectivity index (χ0) is 18.5. The standard InChI is InChI=1S/C20H22BrN3O2/c1-14-4-9-18(17(21)12-14)23-19(25)13-22-16-7-5-15(6-8-16)20(26)24-10-2-3-11-24/h4-9,12,22H,2-3,10-11,13H2,1H3,(H,23,25). The summed E-state index contributed by atoms with van der Waals surface area (Å²) >= 11 is 3.45. The van der Waals surface area contributed by atoms with Crippen molar-refractivity contribution < 1.29 is 9.59 Å². The molecule has 0 aliphatic carbocycles. The third kappa shape index (κ3) is 4.64. The number of rotatable bonds is 5. The fourth-order valence-electron chi connectivity index (χ4n) is 2.93. The van der Waals surface area contributed by atoms with Crippen molar-refractivity contribution in [1.29, 1.82) is 0 Å². The van der Waals surface area contributed by atoms with E-state index in [1.54, 1.807) is 12.1 Å². The molecule has 0 unspecified atom stereocenters. The SMILES string of the molecule is Cc1ccc(NC(=O)CNc2ccc(C(=O)N3CCCC3)cc2)c(Br)c1. The number of nitrogens with one attached hydrogen (secondary N) is 2. The Morgan fingerprint density at radius 3 is 2.42 bits per heavy atom. The molecule has 1 aliphatic rings. The van der Waals surface area contributed by atoms with Gasteiger partial charge in [-0.1, -0.05) is 6.07 Å². The predicted molar refractivity (Wildman–Crippen MR) is 108 cm³/mol. The summed E-state index contributed by atoms with van der Waals surface area (Å²) in [6.45, 7) is 3.83. The lowest BCUT2D eigenvalue weighted by Crippen LogP contribution is -2.27. The summed E-state index contributed by atoms with van der Waals surface area (Å²) < 4.78 is 0.857. The lowest BCUT2D eigenvalue weighted by Gasteiger charge is -2.15. The number of carbonyl (C=O) groups is 2. The molecule has 1 aliphatic heterocycles. The highest BCUT2D eigenvalue weighted by Crippen LogP contribution is 2.23. The van der Waals surface area contributed by atoms with Gasteiger partial charge < -0.3 is 15.5 Å². The molecule has 2 N–H and O–H groups in total. The number of benzene rings is 2. The van der Waals surface area contributed by atoms with Gasteiger partial charge >= 0.3 is 0 Å². The van der Waals surface area contributed by atoms with Crippen LogP contribution < -0.4 is 10.6 Å². The Balaban J connectivity index is 1.52. The van der Waals surface area contributed by atoms with Gasteiger partial charge in [0, 0.05) is 28.8 Å². The van der Waals surface area contributed by atoms with Crippen molar-refractivity contribution >= 4 is 39.1 Å². The molecule has 1 saturated heterocycles. The second kappa shape index (κ2) is 8.36. The number of amides is 2. The van der Waals surface area contributed by atoms with E-state index < -0.39 is 0 Å². The molecule has 2 amide bonds. The Morgan fingerprint density at radius 1 is 1.08 bits per heavy atom. The number of hydrogen-bond acceptors (Lipinski definition) is 3. The third-order valence-electron chi connectivity index (χ3n) is 4.38. The monoisotopic (exact) mass is 415 g/mol. The molecular weight excluding hydrogens is 394 g/mol. The van der Waals surface area contributed by atoms with E-state index in [-0.39, 0.29) is 18.4 Å². The molecule has 0 saturated carbocycles. The largest absolute Gasteiger partial charge is 0.376 e. The topological polar surface area (TPSA) is 61.4 Å². The van der Waals surface area contributed by atoms with Crippen molar-refractivity contribution in [2.24, 2.45) is 0 Å². The van der Waals surface area contributed by atoms with Crippen molar-refractivity contribution in [2.75, 3.05) is 30.3 Å². The minimum absolute atomic E-state index is 0.0796. The van der Waals surface area contributed by atoms with E-state index in [9.17, 15) is 9.59 Å². The number of hydrogen-bond donors (Lipinski definition) is 2. The highest BCUT2D eigenvalue weighted by atomic mass is 79.9. The number of anilines is 2. The van der Waals surface area contributed by atoms with E-state index in [0.717, 1.165) is 47.3 Å². The molecule has 5 nitrogen and oxygen atoms in total. The van der Waals surface area contributed by atoms with Crippen molar-refractivity contribution in [1.82, 2.24) is 4.90 Å². The molecule has 3 rings (SSSR count). The predicted octanol–water partition coefficient (Wildman–Crippen LogP) is 4.04. The first-order valence-electron chi connectivity index (χ1n) is 8.72. The Bertz CT molecular complexity index is 799. The summed E-state index contributed by atoms with van der Waals surface area (Å²) in [4.78, 5) is 26.3. The Labute approximate surface area is 161 Å². The summed E-state index contributed by atoms with van der Waals surface area (Å²) in [6, 6.07) is 13.0. The first kappa shape index (κ1) is 18.5. The number of halogens is 1. The maximum absolute atomic E-state index is 12.3. The summed E-state index contributed by atoms with van der Waals surface area (Å²) in [5, 5.41) is 5.94. The van der Waals surface area contributed by atoms with Gasteiger partial charge in [-0.2, -0.15) is 0 Å². The molecule has 1 heterocycles. The number of likely N-dealkylation sites (tertiary alicyclic amines) is 1. The first-order valence-corrected chi connectivity index (χ1v) is 9.51. The highest BCUT2D eigenvalue weighted by Gasteiger charge is 2.19. The van der Waals surface area contributed by atoms with Crippen LogP contribution in [0.3, 0.4) is 0 Å². The smallest absolute Gasteiger partial charge is 0.253 e. The van der Waals surface area contributed by atoms with Gasteiger partial charge in [-0.25, -0.2) is 0 Å². The van der Waals surface area contributed by atoms with Crippen LogP contribution in [0.2, 0.25) is 0 Å². The quantitative estimate of drug-likeness (QED) is 0.774. The highest BCUT2D eigenvalue weighted by molar-refractivity contribution is 9.10. The van der Waals surface area contributed by atoms with Crippen molar-refractivity contribution in [2.45, 2.75) is 19.8 Å². The maximum atomic E-state index is 12.3. The van der Waals surface area contributed by atoms with Gasteiger partial charge in [-0.3, -0.25) is 9.59 Å². The second-order valence-electron chi connectivity index (χ2n) is 6.46. The van der Waals surface area contributed by atoms with Crippen LogP contribution in [-0.2, 0) is 4.79 Å². The lowest BCUT2D eigenvalue weighted by atomic mass is 10.2. The maximum Gasteiger partial charge on any atom is 0.253 e. The molecule has 0 atom stereocenters. The van der Waals surface area contributed by atoms with Gasteiger partial charge in [0.15, 0.2) is 0 Å². The van der Waals surface area contributed by atoms with Gasteiger partial charge in [-0.15, -0.1) is 0 Å².